The average molecular weight is 180 g/mol. The van der Waals surface area contributed by atoms with Crippen LogP contribution in [0.25, 0.3) is 11.1 Å². The van der Waals surface area contributed by atoms with Crippen LogP contribution in [0.5, 0.6) is 0 Å². The van der Waals surface area contributed by atoms with E-state index >= 15 is 0 Å². The molecular formula is C13H13B. The summed E-state index contributed by atoms with van der Waals surface area (Å²) in [6.07, 6.45) is 0. The maximum Gasteiger partial charge on any atom is 0.139 e. The third kappa shape index (κ3) is 1.72. The molecule has 0 spiro atoms. The summed E-state index contributed by atoms with van der Waals surface area (Å²) in [6.45, 7) is 2.15. The van der Waals surface area contributed by atoms with Crippen molar-refractivity contribution in [3.63, 3.8) is 0 Å². The predicted octanol–water partition coefficient (Wildman–Crippen LogP) is 1.92. The molecule has 0 saturated heterocycles. The molecule has 0 fully saturated rings. The highest BCUT2D eigenvalue weighted by Gasteiger charge is 1.98. The first-order valence-corrected chi connectivity index (χ1v) is 4.90. The topological polar surface area (TPSA) is 0 Å². The van der Waals surface area contributed by atoms with Gasteiger partial charge in [0.25, 0.3) is 0 Å². The number of hydrogen-bond acceptors (Lipinski definition) is 0. The molecule has 0 aliphatic carbocycles. The third-order valence-corrected chi connectivity index (χ3v) is 2.51. The summed E-state index contributed by atoms with van der Waals surface area (Å²) in [4.78, 5) is 0. The van der Waals surface area contributed by atoms with Crippen molar-refractivity contribution in [1.29, 1.82) is 0 Å². The zero-order valence-electron chi connectivity index (χ0n) is 8.62. The first kappa shape index (κ1) is 9.08. The molecular weight excluding hydrogens is 167 g/mol. The van der Waals surface area contributed by atoms with Gasteiger partial charge in [0.1, 0.15) is 7.85 Å². The molecule has 0 saturated carbocycles. The van der Waals surface area contributed by atoms with Gasteiger partial charge in [-0.1, -0.05) is 54.0 Å². The molecule has 0 aromatic heterocycles. The maximum atomic E-state index is 2.18. The highest BCUT2D eigenvalue weighted by Crippen LogP contribution is 2.21. The number of hydrogen-bond donors (Lipinski definition) is 0. The van der Waals surface area contributed by atoms with Crippen molar-refractivity contribution in [2.75, 3.05) is 0 Å². The highest BCUT2D eigenvalue weighted by atomic mass is 14.0. The van der Waals surface area contributed by atoms with Gasteiger partial charge in [-0.25, -0.2) is 0 Å². The van der Waals surface area contributed by atoms with Gasteiger partial charge in [0.05, 0.1) is 0 Å². The second-order valence-corrected chi connectivity index (χ2v) is 3.68. The highest BCUT2D eigenvalue weighted by molar-refractivity contribution is 6.32. The lowest BCUT2D eigenvalue weighted by molar-refractivity contribution is 1.46. The SMILES string of the molecule is Bc1ccc(-c2ccccc2C)cc1. The van der Waals surface area contributed by atoms with Crippen molar-refractivity contribution in [3.8, 4) is 11.1 Å². The molecule has 0 radical (unpaired) electrons. The fraction of sp³-hybridized carbons (Fsp3) is 0.0769. The van der Waals surface area contributed by atoms with Gasteiger partial charge in [0.2, 0.25) is 0 Å². The van der Waals surface area contributed by atoms with E-state index in [1.165, 1.54) is 22.2 Å². The van der Waals surface area contributed by atoms with E-state index in [1.807, 2.05) is 0 Å². The second-order valence-electron chi connectivity index (χ2n) is 3.68. The van der Waals surface area contributed by atoms with Crippen LogP contribution in [0.2, 0.25) is 0 Å². The van der Waals surface area contributed by atoms with Crippen molar-refractivity contribution in [3.05, 3.63) is 54.1 Å². The minimum atomic E-state index is 1.30. The van der Waals surface area contributed by atoms with E-state index in [0.717, 1.165) is 0 Å². The maximum absolute atomic E-state index is 2.18. The molecule has 14 heavy (non-hydrogen) atoms. The summed E-state index contributed by atoms with van der Waals surface area (Å²) in [5.41, 5.74) is 5.26. The summed E-state index contributed by atoms with van der Waals surface area (Å²) in [7, 11) is 2.11. The normalized spacial score (nSPS) is 10.1. The Bertz CT molecular complexity index is 429. The smallest absolute Gasteiger partial charge is 0.0889 e. The van der Waals surface area contributed by atoms with Gasteiger partial charge < -0.3 is 0 Å². The molecule has 0 atom stereocenters. The molecule has 0 heterocycles. The van der Waals surface area contributed by atoms with Crippen LogP contribution < -0.4 is 5.46 Å². The largest absolute Gasteiger partial charge is 0.139 e. The summed E-state index contributed by atoms with van der Waals surface area (Å²) >= 11 is 0. The summed E-state index contributed by atoms with van der Waals surface area (Å²) in [5, 5.41) is 0. The predicted molar refractivity (Wildman–Crippen MR) is 64.8 cm³/mol. The van der Waals surface area contributed by atoms with E-state index in [1.54, 1.807) is 0 Å². The van der Waals surface area contributed by atoms with Crippen LogP contribution in [0.4, 0.5) is 0 Å². The van der Waals surface area contributed by atoms with Crippen LogP contribution in [0.3, 0.4) is 0 Å². The molecule has 0 aliphatic rings. The number of rotatable bonds is 1. The molecule has 0 N–H and O–H groups in total. The standard InChI is InChI=1S/C13H13B/c1-10-4-2-3-5-13(10)11-6-8-12(14)9-7-11/h2-9H,14H2,1H3. The minimum absolute atomic E-state index is 1.30. The van der Waals surface area contributed by atoms with Crippen LogP contribution >= 0.6 is 0 Å². The Balaban J connectivity index is 2.50. The molecule has 0 amide bonds. The minimum Gasteiger partial charge on any atom is -0.0889 e. The van der Waals surface area contributed by atoms with Gasteiger partial charge in [0.15, 0.2) is 0 Å². The van der Waals surface area contributed by atoms with Gasteiger partial charge in [-0.2, -0.15) is 0 Å². The Kier molecular flexibility index (Phi) is 2.40. The van der Waals surface area contributed by atoms with Gasteiger partial charge in [-0.15, -0.1) is 0 Å². The zero-order valence-corrected chi connectivity index (χ0v) is 8.62. The van der Waals surface area contributed by atoms with E-state index in [-0.39, 0.29) is 0 Å². The number of benzene rings is 2. The molecule has 2 rings (SSSR count). The Labute approximate surface area is 86.0 Å². The lowest BCUT2D eigenvalue weighted by Crippen LogP contribution is -1.99. The second kappa shape index (κ2) is 3.71. The fourth-order valence-electron chi connectivity index (χ4n) is 1.63. The molecule has 0 unspecified atom stereocenters. The van der Waals surface area contributed by atoms with Crippen molar-refractivity contribution in [1.82, 2.24) is 0 Å². The number of aryl methyl sites for hydroxylation is 1. The van der Waals surface area contributed by atoms with Crippen LogP contribution in [0, 0.1) is 6.92 Å². The Morgan fingerprint density at radius 3 is 2.14 bits per heavy atom. The lowest BCUT2D eigenvalue weighted by Gasteiger charge is -2.05. The Morgan fingerprint density at radius 1 is 0.857 bits per heavy atom. The van der Waals surface area contributed by atoms with E-state index in [9.17, 15) is 0 Å². The molecule has 0 aliphatic heterocycles. The van der Waals surface area contributed by atoms with E-state index in [2.05, 4.69) is 63.3 Å². The molecule has 1 heteroatoms. The van der Waals surface area contributed by atoms with Crippen LogP contribution in [0.15, 0.2) is 48.5 Å². The van der Waals surface area contributed by atoms with Crippen LogP contribution in [-0.4, -0.2) is 7.85 Å². The molecule has 68 valence electrons. The molecule has 2 aromatic rings. The monoisotopic (exact) mass is 180 g/mol. The third-order valence-electron chi connectivity index (χ3n) is 2.51. The van der Waals surface area contributed by atoms with Crippen molar-refractivity contribution in [2.24, 2.45) is 0 Å². The fourth-order valence-corrected chi connectivity index (χ4v) is 1.63. The van der Waals surface area contributed by atoms with E-state index in [0.29, 0.717) is 0 Å². The Morgan fingerprint density at radius 2 is 1.50 bits per heavy atom. The summed E-state index contributed by atoms with van der Waals surface area (Å²) in [6, 6.07) is 17.1. The lowest BCUT2D eigenvalue weighted by atomic mass is 9.93. The van der Waals surface area contributed by atoms with E-state index < -0.39 is 0 Å². The van der Waals surface area contributed by atoms with Crippen molar-refractivity contribution in [2.45, 2.75) is 6.92 Å². The van der Waals surface area contributed by atoms with Crippen LogP contribution in [0.1, 0.15) is 5.56 Å². The Hall–Kier alpha value is -1.50. The first-order chi connectivity index (χ1) is 6.77. The molecule has 2 aromatic carbocycles. The summed E-state index contributed by atoms with van der Waals surface area (Å²) in [5.74, 6) is 0. The van der Waals surface area contributed by atoms with Crippen molar-refractivity contribution < 1.29 is 0 Å². The summed E-state index contributed by atoms with van der Waals surface area (Å²) < 4.78 is 0. The first-order valence-electron chi connectivity index (χ1n) is 4.90. The van der Waals surface area contributed by atoms with Gasteiger partial charge in [0, 0.05) is 0 Å². The van der Waals surface area contributed by atoms with Crippen molar-refractivity contribution >= 4 is 13.3 Å². The zero-order chi connectivity index (χ0) is 9.97. The van der Waals surface area contributed by atoms with Gasteiger partial charge >= 0.3 is 0 Å². The molecule has 0 nitrogen and oxygen atoms in total. The van der Waals surface area contributed by atoms with Gasteiger partial charge in [-0.05, 0) is 23.6 Å². The van der Waals surface area contributed by atoms with E-state index in [4.69, 9.17) is 0 Å². The quantitative estimate of drug-likeness (QED) is 0.588. The van der Waals surface area contributed by atoms with Crippen LogP contribution in [-0.2, 0) is 0 Å². The van der Waals surface area contributed by atoms with Gasteiger partial charge in [-0.3, -0.25) is 0 Å². The molecule has 0 bridgehead atoms. The average Bonchev–Trinajstić information content (AvgIpc) is 2.20.